The van der Waals surface area contributed by atoms with Gasteiger partial charge < -0.3 is 10.2 Å². The summed E-state index contributed by atoms with van der Waals surface area (Å²) >= 11 is 1.89. The molecule has 0 bridgehead atoms. The Kier molecular flexibility index (Phi) is 2.64. The van der Waals surface area contributed by atoms with Crippen LogP contribution in [-0.2, 0) is 13.0 Å². The van der Waals surface area contributed by atoms with E-state index in [1.54, 1.807) is 0 Å². The number of anilines is 1. The van der Waals surface area contributed by atoms with E-state index in [1.165, 1.54) is 28.8 Å². The number of thiazole rings is 1. The molecule has 0 amide bonds. The highest BCUT2D eigenvalue weighted by Crippen LogP contribution is 2.34. The smallest absolute Gasteiger partial charge is 0.185 e. The molecule has 88 valence electrons. The number of fused-ring (bicyclic) bond motifs is 1. The monoisotopic (exact) mass is 237 g/mol. The minimum absolute atomic E-state index is 0.813. The van der Waals surface area contributed by atoms with Crippen LogP contribution in [0, 0.1) is 11.8 Å². The van der Waals surface area contributed by atoms with Gasteiger partial charge in [0.25, 0.3) is 0 Å². The van der Waals surface area contributed by atoms with E-state index in [2.05, 4.69) is 24.1 Å². The Morgan fingerprint density at radius 1 is 1.44 bits per heavy atom. The molecule has 16 heavy (non-hydrogen) atoms. The van der Waals surface area contributed by atoms with E-state index in [0.717, 1.165) is 31.3 Å². The quantitative estimate of drug-likeness (QED) is 0.851. The van der Waals surface area contributed by atoms with Gasteiger partial charge in [-0.15, -0.1) is 11.3 Å². The van der Waals surface area contributed by atoms with Gasteiger partial charge in [-0.1, -0.05) is 13.8 Å². The molecule has 0 unspecified atom stereocenters. The topological polar surface area (TPSA) is 28.2 Å². The van der Waals surface area contributed by atoms with E-state index >= 15 is 0 Å². The number of hydrogen-bond acceptors (Lipinski definition) is 4. The summed E-state index contributed by atoms with van der Waals surface area (Å²) in [6, 6.07) is 0. The highest BCUT2D eigenvalue weighted by atomic mass is 32.1. The number of nitrogens with one attached hydrogen (secondary N) is 1. The average Bonchev–Trinajstić information content (AvgIpc) is 2.57. The summed E-state index contributed by atoms with van der Waals surface area (Å²) in [5.74, 6) is 1.69. The molecule has 0 aromatic carbocycles. The molecular weight excluding hydrogens is 218 g/mol. The molecule has 2 aliphatic heterocycles. The van der Waals surface area contributed by atoms with Crippen molar-refractivity contribution in [3.8, 4) is 0 Å². The van der Waals surface area contributed by atoms with E-state index in [9.17, 15) is 0 Å². The van der Waals surface area contributed by atoms with Gasteiger partial charge >= 0.3 is 0 Å². The van der Waals surface area contributed by atoms with Crippen molar-refractivity contribution in [2.45, 2.75) is 26.8 Å². The second-order valence-corrected chi connectivity index (χ2v) is 6.26. The lowest BCUT2D eigenvalue weighted by atomic mass is 9.89. The first-order valence-electron chi connectivity index (χ1n) is 6.18. The Morgan fingerprint density at radius 3 is 2.94 bits per heavy atom. The second kappa shape index (κ2) is 4.00. The second-order valence-electron chi connectivity index (χ2n) is 5.20. The molecule has 3 rings (SSSR count). The lowest BCUT2D eigenvalue weighted by molar-refractivity contribution is 0.309. The van der Waals surface area contributed by atoms with Crippen molar-refractivity contribution in [1.29, 1.82) is 0 Å². The number of rotatable bonds is 2. The molecule has 1 N–H and O–H groups in total. The van der Waals surface area contributed by atoms with Crippen molar-refractivity contribution in [3.63, 3.8) is 0 Å². The van der Waals surface area contributed by atoms with E-state index in [0.29, 0.717) is 0 Å². The summed E-state index contributed by atoms with van der Waals surface area (Å²) in [4.78, 5) is 8.66. The van der Waals surface area contributed by atoms with Crippen LogP contribution in [0.5, 0.6) is 0 Å². The van der Waals surface area contributed by atoms with Gasteiger partial charge in [-0.05, 0) is 11.8 Å². The van der Waals surface area contributed by atoms with Crippen LogP contribution < -0.4 is 10.2 Å². The van der Waals surface area contributed by atoms with E-state index in [-0.39, 0.29) is 0 Å². The van der Waals surface area contributed by atoms with Gasteiger partial charge in [-0.25, -0.2) is 4.98 Å². The lowest BCUT2D eigenvalue weighted by Crippen LogP contribution is -2.49. The predicted octanol–water partition coefficient (Wildman–Crippen LogP) is 1.88. The molecule has 0 saturated carbocycles. The zero-order valence-corrected chi connectivity index (χ0v) is 10.8. The van der Waals surface area contributed by atoms with Gasteiger partial charge in [0, 0.05) is 37.5 Å². The highest BCUT2D eigenvalue weighted by molar-refractivity contribution is 7.15. The molecule has 3 nitrogen and oxygen atoms in total. The number of nitrogens with zero attached hydrogens (tertiary/aromatic N) is 2. The van der Waals surface area contributed by atoms with Crippen LogP contribution >= 0.6 is 11.3 Å². The first kappa shape index (κ1) is 10.5. The molecule has 1 aromatic rings. The third-order valence-electron chi connectivity index (χ3n) is 3.71. The van der Waals surface area contributed by atoms with Crippen molar-refractivity contribution >= 4 is 16.5 Å². The number of aromatic nitrogens is 1. The van der Waals surface area contributed by atoms with Crippen LogP contribution in [0.4, 0.5) is 5.13 Å². The van der Waals surface area contributed by atoms with Crippen LogP contribution in [0.15, 0.2) is 0 Å². The molecule has 0 aliphatic carbocycles. The Labute approximate surface area is 101 Å². The number of hydrogen-bond donors (Lipinski definition) is 1. The fourth-order valence-electron chi connectivity index (χ4n) is 2.34. The third kappa shape index (κ3) is 1.74. The first-order chi connectivity index (χ1) is 7.74. The van der Waals surface area contributed by atoms with Crippen LogP contribution in [0.1, 0.15) is 24.4 Å². The maximum absolute atomic E-state index is 4.77. The molecule has 1 saturated heterocycles. The van der Waals surface area contributed by atoms with Crippen LogP contribution in [0.25, 0.3) is 0 Å². The molecular formula is C12H19N3S. The minimum atomic E-state index is 0.813. The summed E-state index contributed by atoms with van der Waals surface area (Å²) in [7, 11) is 0. The van der Waals surface area contributed by atoms with E-state index in [1.807, 2.05) is 11.3 Å². The van der Waals surface area contributed by atoms with Crippen molar-refractivity contribution < 1.29 is 0 Å². The fraction of sp³-hybridized carbons (Fsp3) is 0.750. The summed E-state index contributed by atoms with van der Waals surface area (Å²) in [6.45, 7) is 9.16. The summed E-state index contributed by atoms with van der Waals surface area (Å²) in [6.07, 6.45) is 1.10. The van der Waals surface area contributed by atoms with Gasteiger partial charge in [0.1, 0.15) is 0 Å². The molecule has 2 aliphatic rings. The molecule has 0 atom stereocenters. The Balaban J connectivity index is 1.70. The zero-order chi connectivity index (χ0) is 11.1. The van der Waals surface area contributed by atoms with Gasteiger partial charge in [0.15, 0.2) is 5.13 Å². The predicted molar refractivity (Wildman–Crippen MR) is 68.1 cm³/mol. The summed E-state index contributed by atoms with van der Waals surface area (Å²) < 4.78 is 0. The Morgan fingerprint density at radius 2 is 2.25 bits per heavy atom. The van der Waals surface area contributed by atoms with Gasteiger partial charge in [-0.2, -0.15) is 0 Å². The fourth-order valence-corrected chi connectivity index (χ4v) is 3.43. The van der Waals surface area contributed by atoms with Crippen molar-refractivity contribution in [2.75, 3.05) is 24.5 Å². The van der Waals surface area contributed by atoms with Crippen molar-refractivity contribution in [3.05, 3.63) is 10.6 Å². The van der Waals surface area contributed by atoms with Gasteiger partial charge in [-0.3, -0.25) is 0 Å². The molecule has 0 radical (unpaired) electrons. The Bertz CT molecular complexity index is 356. The SMILES string of the molecule is CC(C)C1CN(c2nc3c(s2)CNCC3)C1. The van der Waals surface area contributed by atoms with Crippen molar-refractivity contribution in [1.82, 2.24) is 10.3 Å². The maximum atomic E-state index is 4.77. The summed E-state index contributed by atoms with van der Waals surface area (Å²) in [5.41, 5.74) is 1.34. The Hall–Kier alpha value is -0.610. The van der Waals surface area contributed by atoms with E-state index < -0.39 is 0 Å². The normalized spacial score (nSPS) is 21.1. The van der Waals surface area contributed by atoms with Gasteiger partial charge in [0.05, 0.1) is 5.69 Å². The molecule has 1 fully saturated rings. The third-order valence-corrected chi connectivity index (χ3v) is 4.87. The highest BCUT2D eigenvalue weighted by Gasteiger charge is 2.31. The first-order valence-corrected chi connectivity index (χ1v) is 7.00. The standard InChI is InChI=1S/C12H19N3S/c1-8(2)9-6-15(7-9)12-14-10-3-4-13-5-11(10)16-12/h8-9,13H,3-7H2,1-2H3. The van der Waals surface area contributed by atoms with E-state index in [4.69, 9.17) is 4.98 Å². The van der Waals surface area contributed by atoms with Crippen molar-refractivity contribution in [2.24, 2.45) is 11.8 Å². The minimum Gasteiger partial charge on any atom is -0.347 e. The van der Waals surface area contributed by atoms with Crippen LogP contribution in [0.2, 0.25) is 0 Å². The van der Waals surface area contributed by atoms with Crippen LogP contribution in [0.3, 0.4) is 0 Å². The average molecular weight is 237 g/mol. The molecule has 3 heterocycles. The summed E-state index contributed by atoms with van der Waals surface area (Å²) in [5, 5.41) is 4.66. The lowest BCUT2D eigenvalue weighted by Gasteiger charge is -2.41. The van der Waals surface area contributed by atoms with Gasteiger partial charge in [0.2, 0.25) is 0 Å². The molecule has 0 spiro atoms. The zero-order valence-electron chi connectivity index (χ0n) is 9.99. The molecule has 1 aromatic heterocycles. The largest absolute Gasteiger partial charge is 0.347 e. The maximum Gasteiger partial charge on any atom is 0.185 e. The molecule has 4 heteroatoms. The van der Waals surface area contributed by atoms with Crippen LogP contribution in [-0.4, -0.2) is 24.6 Å².